The third kappa shape index (κ3) is 3.38. The van der Waals surface area contributed by atoms with Crippen LogP contribution in [0.25, 0.3) is 0 Å². The number of likely N-dealkylation sites (tertiary alicyclic amines) is 1. The highest BCUT2D eigenvalue weighted by Gasteiger charge is 2.31. The Kier molecular flexibility index (Phi) is 4.88. The van der Waals surface area contributed by atoms with Crippen LogP contribution in [0.4, 0.5) is 0 Å². The smallest absolute Gasteiger partial charge is 0.239 e. The minimum Gasteiger partial charge on any atom is -0.341 e. The molecule has 0 spiro atoms. The molecule has 1 atom stereocenters. The lowest BCUT2D eigenvalue weighted by Crippen LogP contribution is -2.51. The minimum absolute atomic E-state index is 0.00451. The van der Waals surface area contributed by atoms with Gasteiger partial charge in [-0.25, -0.2) is 0 Å². The zero-order chi connectivity index (χ0) is 15.4. The highest BCUT2D eigenvalue weighted by molar-refractivity contribution is 5.98. The fourth-order valence-corrected chi connectivity index (χ4v) is 3.48. The number of carbonyl (C=O) groups is 2. The average Bonchev–Trinajstić information content (AvgIpc) is 2.62. The van der Waals surface area contributed by atoms with Gasteiger partial charge in [0.15, 0.2) is 5.78 Å². The summed E-state index contributed by atoms with van der Waals surface area (Å²) >= 11 is 0. The van der Waals surface area contributed by atoms with Crippen LogP contribution in [0.3, 0.4) is 0 Å². The van der Waals surface area contributed by atoms with Crippen molar-refractivity contribution >= 4 is 11.7 Å². The molecule has 2 heterocycles. The van der Waals surface area contributed by atoms with Gasteiger partial charge < -0.3 is 10.2 Å². The van der Waals surface area contributed by atoms with Gasteiger partial charge in [0, 0.05) is 24.6 Å². The average molecular weight is 300 g/mol. The van der Waals surface area contributed by atoms with Crippen molar-refractivity contribution in [1.29, 1.82) is 0 Å². The molecule has 2 saturated heterocycles. The molecule has 118 valence electrons. The van der Waals surface area contributed by atoms with Crippen LogP contribution in [-0.4, -0.2) is 42.3 Å². The largest absolute Gasteiger partial charge is 0.341 e. The van der Waals surface area contributed by atoms with Gasteiger partial charge in [0.1, 0.15) is 0 Å². The maximum Gasteiger partial charge on any atom is 0.239 e. The molecule has 0 radical (unpaired) electrons. The van der Waals surface area contributed by atoms with E-state index in [2.05, 4.69) is 5.32 Å². The predicted molar refractivity (Wildman–Crippen MR) is 85.7 cm³/mol. The summed E-state index contributed by atoms with van der Waals surface area (Å²) in [5, 5.41) is 3.32. The van der Waals surface area contributed by atoms with Gasteiger partial charge in [-0.3, -0.25) is 9.59 Å². The molecule has 0 aliphatic carbocycles. The number of ketones is 1. The van der Waals surface area contributed by atoms with Crippen molar-refractivity contribution in [2.45, 2.75) is 38.1 Å². The summed E-state index contributed by atoms with van der Waals surface area (Å²) in [7, 11) is 0. The van der Waals surface area contributed by atoms with Gasteiger partial charge in [0.25, 0.3) is 0 Å². The highest BCUT2D eigenvalue weighted by Crippen LogP contribution is 2.23. The summed E-state index contributed by atoms with van der Waals surface area (Å²) < 4.78 is 0. The summed E-state index contributed by atoms with van der Waals surface area (Å²) in [6, 6.07) is 9.49. The van der Waals surface area contributed by atoms with E-state index in [1.54, 1.807) is 0 Å². The number of amides is 1. The number of piperidine rings is 2. The van der Waals surface area contributed by atoms with E-state index in [1.165, 1.54) is 0 Å². The molecular formula is C18H24N2O2. The molecular weight excluding hydrogens is 276 g/mol. The number of carbonyl (C=O) groups excluding carboxylic acids is 2. The first-order valence-corrected chi connectivity index (χ1v) is 8.37. The molecule has 1 unspecified atom stereocenters. The van der Waals surface area contributed by atoms with Gasteiger partial charge >= 0.3 is 0 Å². The van der Waals surface area contributed by atoms with Crippen LogP contribution >= 0.6 is 0 Å². The number of nitrogens with zero attached hydrogens (tertiary/aromatic N) is 1. The second-order valence-electron chi connectivity index (χ2n) is 6.33. The Labute approximate surface area is 131 Å². The van der Waals surface area contributed by atoms with Gasteiger partial charge in [0.2, 0.25) is 5.91 Å². The Bertz CT molecular complexity index is 515. The van der Waals surface area contributed by atoms with Gasteiger partial charge in [-0.2, -0.15) is 0 Å². The Hall–Kier alpha value is -1.68. The molecule has 4 heteroatoms. The molecule has 1 aromatic rings. The summed E-state index contributed by atoms with van der Waals surface area (Å²) in [6.45, 7) is 2.36. The van der Waals surface area contributed by atoms with Gasteiger partial charge in [-0.1, -0.05) is 36.8 Å². The Morgan fingerprint density at radius 1 is 1.00 bits per heavy atom. The molecule has 4 nitrogen and oxygen atoms in total. The Morgan fingerprint density at radius 3 is 2.36 bits per heavy atom. The molecule has 1 N–H and O–H groups in total. The lowest BCUT2D eigenvalue weighted by molar-refractivity contribution is -0.135. The van der Waals surface area contributed by atoms with Crippen LogP contribution in [0.15, 0.2) is 30.3 Å². The second-order valence-corrected chi connectivity index (χ2v) is 6.33. The lowest BCUT2D eigenvalue weighted by Gasteiger charge is -2.35. The van der Waals surface area contributed by atoms with Crippen molar-refractivity contribution in [3.05, 3.63) is 35.9 Å². The number of nitrogens with one attached hydrogen (secondary N) is 1. The van der Waals surface area contributed by atoms with E-state index >= 15 is 0 Å². The van der Waals surface area contributed by atoms with Crippen molar-refractivity contribution in [2.75, 3.05) is 19.6 Å². The van der Waals surface area contributed by atoms with Gasteiger partial charge in [-0.15, -0.1) is 0 Å². The van der Waals surface area contributed by atoms with Crippen LogP contribution in [0.1, 0.15) is 42.5 Å². The predicted octanol–water partition coefficient (Wildman–Crippen LogP) is 2.25. The van der Waals surface area contributed by atoms with Crippen molar-refractivity contribution in [3.8, 4) is 0 Å². The molecule has 2 fully saturated rings. The molecule has 0 bridgehead atoms. The molecule has 1 aromatic carbocycles. The van der Waals surface area contributed by atoms with Crippen LogP contribution in [0, 0.1) is 5.92 Å². The normalized spacial score (nSPS) is 23.3. The van der Waals surface area contributed by atoms with Gasteiger partial charge in [0.05, 0.1) is 6.04 Å². The maximum atomic E-state index is 12.5. The van der Waals surface area contributed by atoms with Crippen molar-refractivity contribution in [3.63, 3.8) is 0 Å². The van der Waals surface area contributed by atoms with Crippen LogP contribution in [0.2, 0.25) is 0 Å². The maximum absolute atomic E-state index is 12.5. The van der Waals surface area contributed by atoms with E-state index in [0.717, 1.165) is 44.2 Å². The van der Waals surface area contributed by atoms with Crippen LogP contribution in [0.5, 0.6) is 0 Å². The first-order valence-electron chi connectivity index (χ1n) is 8.37. The fraction of sp³-hybridized carbons (Fsp3) is 0.556. The third-order valence-corrected chi connectivity index (χ3v) is 4.84. The Balaban J connectivity index is 1.54. The van der Waals surface area contributed by atoms with Crippen molar-refractivity contribution < 1.29 is 9.59 Å². The number of Topliss-reactive ketones (excluding diaryl/α,β-unsaturated/α-hetero) is 1. The molecule has 0 aromatic heterocycles. The van der Waals surface area contributed by atoms with E-state index in [1.807, 2.05) is 35.2 Å². The zero-order valence-corrected chi connectivity index (χ0v) is 13.0. The third-order valence-electron chi connectivity index (χ3n) is 4.84. The van der Waals surface area contributed by atoms with Crippen LogP contribution in [-0.2, 0) is 4.79 Å². The molecule has 1 amide bonds. The molecule has 2 aliphatic rings. The number of hydrogen-bond acceptors (Lipinski definition) is 3. The molecule has 22 heavy (non-hydrogen) atoms. The summed E-state index contributed by atoms with van der Waals surface area (Å²) in [4.78, 5) is 26.9. The highest BCUT2D eigenvalue weighted by atomic mass is 16.2. The first kappa shape index (κ1) is 15.2. The standard InChI is InChI=1S/C18H24N2O2/c21-17(14-6-2-1-3-7-14)15-9-12-20(13-10-15)18(22)16-8-4-5-11-19-16/h1-3,6-7,15-16,19H,4-5,8-13H2. The first-order chi connectivity index (χ1) is 10.8. The van der Waals surface area contributed by atoms with Crippen LogP contribution < -0.4 is 5.32 Å². The van der Waals surface area contributed by atoms with E-state index in [9.17, 15) is 9.59 Å². The SMILES string of the molecule is O=C(c1ccccc1)C1CCN(C(=O)C2CCCCN2)CC1. The zero-order valence-electron chi connectivity index (χ0n) is 13.0. The number of benzene rings is 1. The number of hydrogen-bond donors (Lipinski definition) is 1. The quantitative estimate of drug-likeness (QED) is 0.871. The van der Waals surface area contributed by atoms with Gasteiger partial charge in [-0.05, 0) is 32.2 Å². The number of rotatable bonds is 3. The summed E-state index contributed by atoms with van der Waals surface area (Å²) in [5.74, 6) is 0.513. The van der Waals surface area contributed by atoms with E-state index in [4.69, 9.17) is 0 Å². The van der Waals surface area contributed by atoms with Crippen molar-refractivity contribution in [2.24, 2.45) is 5.92 Å². The fourth-order valence-electron chi connectivity index (χ4n) is 3.48. The topological polar surface area (TPSA) is 49.4 Å². The Morgan fingerprint density at radius 2 is 1.73 bits per heavy atom. The molecule has 0 saturated carbocycles. The molecule has 2 aliphatic heterocycles. The monoisotopic (exact) mass is 300 g/mol. The van der Waals surface area contributed by atoms with E-state index in [-0.39, 0.29) is 23.7 Å². The minimum atomic E-state index is -0.00451. The van der Waals surface area contributed by atoms with Crippen molar-refractivity contribution in [1.82, 2.24) is 10.2 Å². The van der Waals surface area contributed by atoms with E-state index in [0.29, 0.717) is 13.1 Å². The second kappa shape index (κ2) is 7.05. The summed E-state index contributed by atoms with van der Waals surface area (Å²) in [5.41, 5.74) is 0.793. The summed E-state index contributed by atoms with van der Waals surface area (Å²) in [6.07, 6.45) is 4.81. The molecule has 3 rings (SSSR count). The lowest BCUT2D eigenvalue weighted by atomic mass is 9.88. The van der Waals surface area contributed by atoms with E-state index < -0.39 is 0 Å².